The number of benzene rings is 1. The summed E-state index contributed by atoms with van der Waals surface area (Å²) >= 11 is 0. The van der Waals surface area contributed by atoms with Crippen molar-refractivity contribution in [1.82, 2.24) is 15.5 Å². The summed E-state index contributed by atoms with van der Waals surface area (Å²) < 4.78 is 18.6. The van der Waals surface area contributed by atoms with Crippen molar-refractivity contribution in [1.29, 1.82) is 0 Å². The number of ether oxygens (including phenoxy) is 1. The van der Waals surface area contributed by atoms with Gasteiger partial charge in [-0.15, -0.1) is 0 Å². The Morgan fingerprint density at radius 2 is 2.00 bits per heavy atom. The Bertz CT molecular complexity index is 603. The minimum atomic E-state index is -0.444. The van der Waals surface area contributed by atoms with Gasteiger partial charge in [-0.1, -0.05) is 25.3 Å². The van der Waals surface area contributed by atoms with E-state index in [0.717, 1.165) is 31.2 Å². The monoisotopic (exact) mass is 351 g/mol. The third-order valence-electron chi connectivity index (χ3n) is 4.28. The SMILES string of the molecule is COc1ccc(CN(C)CC(=O)NC(=O)NC2CCCCC2)cc1F. The summed E-state index contributed by atoms with van der Waals surface area (Å²) in [5.41, 5.74) is 0.722. The molecule has 138 valence electrons. The van der Waals surface area contributed by atoms with Crippen LogP contribution in [0.3, 0.4) is 0 Å². The number of rotatable bonds is 6. The number of amides is 3. The molecule has 1 aliphatic carbocycles. The van der Waals surface area contributed by atoms with Gasteiger partial charge in [0.15, 0.2) is 11.6 Å². The molecule has 1 aliphatic rings. The van der Waals surface area contributed by atoms with E-state index in [1.807, 2.05) is 0 Å². The van der Waals surface area contributed by atoms with Gasteiger partial charge in [0.1, 0.15) is 0 Å². The summed E-state index contributed by atoms with van der Waals surface area (Å²) in [5.74, 6) is -0.641. The summed E-state index contributed by atoms with van der Waals surface area (Å²) in [6, 6.07) is 4.38. The van der Waals surface area contributed by atoms with E-state index >= 15 is 0 Å². The number of urea groups is 1. The number of halogens is 1. The lowest BCUT2D eigenvalue weighted by atomic mass is 9.96. The third kappa shape index (κ3) is 6.34. The smallest absolute Gasteiger partial charge is 0.321 e. The number of hydrogen-bond acceptors (Lipinski definition) is 4. The molecule has 7 heteroatoms. The number of carbonyl (C=O) groups excluding carboxylic acids is 2. The summed E-state index contributed by atoms with van der Waals surface area (Å²) in [6.45, 7) is 0.435. The molecule has 25 heavy (non-hydrogen) atoms. The zero-order valence-electron chi connectivity index (χ0n) is 14.8. The van der Waals surface area contributed by atoms with Gasteiger partial charge in [0, 0.05) is 12.6 Å². The maximum absolute atomic E-state index is 13.7. The van der Waals surface area contributed by atoms with Crippen molar-refractivity contribution in [2.45, 2.75) is 44.7 Å². The van der Waals surface area contributed by atoms with Gasteiger partial charge in [-0.05, 0) is 37.6 Å². The first-order valence-corrected chi connectivity index (χ1v) is 8.59. The van der Waals surface area contributed by atoms with Crippen LogP contribution in [-0.4, -0.2) is 43.6 Å². The molecule has 0 spiro atoms. The quantitative estimate of drug-likeness (QED) is 0.826. The van der Waals surface area contributed by atoms with E-state index in [0.29, 0.717) is 6.54 Å². The molecular formula is C18H26FN3O3. The molecule has 0 heterocycles. The minimum absolute atomic E-state index is 0.0474. The summed E-state index contributed by atoms with van der Waals surface area (Å²) in [5, 5.41) is 5.19. The second-order valence-corrected chi connectivity index (χ2v) is 6.50. The highest BCUT2D eigenvalue weighted by atomic mass is 19.1. The first-order valence-electron chi connectivity index (χ1n) is 8.59. The molecular weight excluding hydrogens is 325 g/mol. The van der Waals surface area contributed by atoms with Crippen LogP contribution < -0.4 is 15.4 Å². The summed E-state index contributed by atoms with van der Waals surface area (Å²) in [4.78, 5) is 25.5. The minimum Gasteiger partial charge on any atom is -0.494 e. The van der Waals surface area contributed by atoms with E-state index < -0.39 is 11.8 Å². The van der Waals surface area contributed by atoms with Crippen LogP contribution in [-0.2, 0) is 11.3 Å². The summed E-state index contributed by atoms with van der Waals surface area (Å²) in [6.07, 6.45) is 5.35. The number of hydrogen-bond donors (Lipinski definition) is 2. The Balaban J connectivity index is 1.75. The molecule has 0 bridgehead atoms. The molecule has 0 atom stereocenters. The van der Waals surface area contributed by atoms with Crippen LogP contribution in [0.15, 0.2) is 18.2 Å². The highest BCUT2D eigenvalue weighted by Crippen LogP contribution is 2.18. The van der Waals surface area contributed by atoms with Gasteiger partial charge in [0.25, 0.3) is 0 Å². The van der Waals surface area contributed by atoms with E-state index in [4.69, 9.17) is 4.74 Å². The van der Waals surface area contributed by atoms with Crippen molar-refractivity contribution in [3.05, 3.63) is 29.6 Å². The normalized spacial score (nSPS) is 15.0. The van der Waals surface area contributed by atoms with Crippen molar-refractivity contribution in [3.8, 4) is 5.75 Å². The molecule has 6 nitrogen and oxygen atoms in total. The van der Waals surface area contributed by atoms with Gasteiger partial charge in [0.05, 0.1) is 13.7 Å². The Labute approximate surface area is 147 Å². The molecule has 0 aromatic heterocycles. The fourth-order valence-electron chi connectivity index (χ4n) is 3.06. The van der Waals surface area contributed by atoms with Gasteiger partial charge in [0.2, 0.25) is 5.91 Å². The van der Waals surface area contributed by atoms with Gasteiger partial charge < -0.3 is 10.1 Å². The molecule has 0 saturated heterocycles. The second-order valence-electron chi connectivity index (χ2n) is 6.50. The van der Waals surface area contributed by atoms with Crippen LogP contribution in [0, 0.1) is 5.82 Å². The average Bonchev–Trinajstić information content (AvgIpc) is 2.55. The van der Waals surface area contributed by atoms with E-state index in [9.17, 15) is 14.0 Å². The van der Waals surface area contributed by atoms with E-state index in [2.05, 4.69) is 10.6 Å². The first kappa shape index (κ1) is 19.2. The lowest BCUT2D eigenvalue weighted by Gasteiger charge is -2.23. The molecule has 1 saturated carbocycles. The Morgan fingerprint density at radius 3 is 2.64 bits per heavy atom. The highest BCUT2D eigenvalue weighted by Gasteiger charge is 2.17. The number of imide groups is 1. The van der Waals surface area contributed by atoms with Gasteiger partial charge in [-0.2, -0.15) is 0 Å². The molecule has 1 aromatic carbocycles. The van der Waals surface area contributed by atoms with Crippen molar-refractivity contribution in [3.63, 3.8) is 0 Å². The van der Waals surface area contributed by atoms with Crippen molar-refractivity contribution in [2.75, 3.05) is 20.7 Å². The van der Waals surface area contributed by atoms with E-state index in [1.54, 1.807) is 24.1 Å². The van der Waals surface area contributed by atoms with Crippen LogP contribution in [0.4, 0.5) is 9.18 Å². The molecule has 0 unspecified atom stereocenters. The molecule has 0 aliphatic heterocycles. The molecule has 1 aromatic rings. The van der Waals surface area contributed by atoms with Crippen molar-refractivity contribution in [2.24, 2.45) is 0 Å². The van der Waals surface area contributed by atoms with Gasteiger partial charge in [-0.3, -0.25) is 15.0 Å². The predicted molar refractivity (Wildman–Crippen MR) is 92.8 cm³/mol. The number of nitrogens with one attached hydrogen (secondary N) is 2. The van der Waals surface area contributed by atoms with Crippen molar-refractivity contribution < 1.29 is 18.7 Å². The average molecular weight is 351 g/mol. The van der Waals surface area contributed by atoms with Crippen LogP contribution in [0.2, 0.25) is 0 Å². The summed E-state index contributed by atoms with van der Waals surface area (Å²) in [7, 11) is 3.15. The molecule has 3 amide bonds. The fourth-order valence-corrected chi connectivity index (χ4v) is 3.06. The Hall–Kier alpha value is -2.15. The molecule has 2 rings (SSSR count). The zero-order valence-corrected chi connectivity index (χ0v) is 14.8. The maximum Gasteiger partial charge on any atom is 0.321 e. The second kappa shape index (κ2) is 9.36. The standard InChI is InChI=1S/C18H26FN3O3/c1-22(11-13-8-9-16(25-2)15(19)10-13)12-17(23)21-18(24)20-14-6-4-3-5-7-14/h8-10,14H,3-7,11-12H2,1-2H3,(H2,20,21,23,24). The lowest BCUT2D eigenvalue weighted by molar-refractivity contribution is -0.121. The number of nitrogens with zero attached hydrogens (tertiary/aromatic N) is 1. The number of carbonyl (C=O) groups is 2. The molecule has 0 radical (unpaired) electrons. The molecule has 2 N–H and O–H groups in total. The molecule has 1 fully saturated rings. The van der Waals surface area contributed by atoms with E-state index in [1.165, 1.54) is 19.6 Å². The van der Waals surface area contributed by atoms with Crippen LogP contribution >= 0.6 is 0 Å². The van der Waals surface area contributed by atoms with Gasteiger partial charge >= 0.3 is 6.03 Å². The largest absolute Gasteiger partial charge is 0.494 e. The highest BCUT2D eigenvalue weighted by molar-refractivity contribution is 5.95. The zero-order chi connectivity index (χ0) is 18.2. The topological polar surface area (TPSA) is 70.7 Å². The number of methoxy groups -OCH3 is 1. The fraction of sp³-hybridized carbons (Fsp3) is 0.556. The number of likely N-dealkylation sites (N-methyl/N-ethyl adjacent to an activating group) is 1. The van der Waals surface area contributed by atoms with Crippen molar-refractivity contribution >= 4 is 11.9 Å². The predicted octanol–water partition coefficient (Wildman–Crippen LogP) is 2.42. The van der Waals surface area contributed by atoms with Crippen LogP contribution in [0.5, 0.6) is 5.75 Å². The van der Waals surface area contributed by atoms with E-state index in [-0.39, 0.29) is 24.2 Å². The van der Waals surface area contributed by atoms with Crippen LogP contribution in [0.1, 0.15) is 37.7 Å². The third-order valence-corrected chi connectivity index (χ3v) is 4.28. The van der Waals surface area contributed by atoms with Crippen LogP contribution in [0.25, 0.3) is 0 Å². The maximum atomic E-state index is 13.7. The Kier molecular flexibility index (Phi) is 7.18. The Morgan fingerprint density at radius 1 is 1.28 bits per heavy atom. The van der Waals surface area contributed by atoms with Gasteiger partial charge in [-0.25, -0.2) is 9.18 Å². The lowest BCUT2D eigenvalue weighted by Crippen LogP contribution is -2.47. The first-order chi connectivity index (χ1) is 12.0.